The number of aromatic hydroxyl groups is 1. The van der Waals surface area contributed by atoms with Crippen LogP contribution in [0.15, 0.2) is 40.4 Å². The summed E-state index contributed by atoms with van der Waals surface area (Å²) in [6.07, 6.45) is 3.18. The molecule has 0 saturated carbocycles. The van der Waals surface area contributed by atoms with Crippen LogP contribution in [0.5, 0.6) is 5.75 Å². The van der Waals surface area contributed by atoms with Gasteiger partial charge in [-0.3, -0.25) is 5.43 Å². The third kappa shape index (κ3) is 4.97. The molecular weight excluding hydrogens is 302 g/mol. The molecule has 1 aromatic rings. The summed E-state index contributed by atoms with van der Waals surface area (Å²) in [4.78, 5) is 0. The molecule has 1 aromatic carbocycles. The Bertz CT molecular complexity index is 448. The van der Waals surface area contributed by atoms with Crippen LogP contribution in [0.1, 0.15) is 5.56 Å². The third-order valence-corrected chi connectivity index (χ3v) is 2.50. The van der Waals surface area contributed by atoms with Crippen LogP contribution < -0.4 is 10.7 Å². The largest absolute Gasteiger partial charge is 0.507 e. The second-order valence-electron chi connectivity index (χ2n) is 3.07. The molecule has 0 spiro atoms. The molecule has 17 heavy (non-hydrogen) atoms. The van der Waals surface area contributed by atoms with E-state index in [9.17, 15) is 5.11 Å². The van der Waals surface area contributed by atoms with Crippen molar-refractivity contribution in [2.75, 3.05) is 6.54 Å². The lowest BCUT2D eigenvalue weighted by atomic mass is 10.2. The van der Waals surface area contributed by atoms with Gasteiger partial charge in [-0.1, -0.05) is 22.0 Å². The van der Waals surface area contributed by atoms with Crippen molar-refractivity contribution in [2.45, 2.75) is 0 Å². The van der Waals surface area contributed by atoms with Crippen molar-refractivity contribution in [3.05, 3.63) is 40.9 Å². The summed E-state index contributed by atoms with van der Waals surface area (Å²) in [6.45, 7) is 4.13. The number of nitrogens with one attached hydrogen (secondary N) is 2. The lowest BCUT2D eigenvalue weighted by Crippen LogP contribution is -2.31. The molecule has 0 atom stereocenters. The van der Waals surface area contributed by atoms with Gasteiger partial charge in [0.1, 0.15) is 5.75 Å². The number of benzene rings is 1. The first-order valence-electron chi connectivity index (χ1n) is 4.80. The van der Waals surface area contributed by atoms with Gasteiger partial charge in [0.25, 0.3) is 0 Å². The van der Waals surface area contributed by atoms with Gasteiger partial charge in [-0.05, 0) is 30.4 Å². The molecular formula is C11H12BrN3OS. The van der Waals surface area contributed by atoms with Gasteiger partial charge in [0.2, 0.25) is 0 Å². The number of rotatable bonds is 4. The van der Waals surface area contributed by atoms with Crippen LogP contribution in [0, 0.1) is 0 Å². The van der Waals surface area contributed by atoms with E-state index in [0.29, 0.717) is 17.2 Å². The van der Waals surface area contributed by atoms with Gasteiger partial charge in [0.15, 0.2) is 5.11 Å². The van der Waals surface area contributed by atoms with E-state index in [1.54, 1.807) is 24.3 Å². The summed E-state index contributed by atoms with van der Waals surface area (Å²) < 4.78 is 0.865. The number of phenolic OH excluding ortho intramolecular Hbond substituents is 1. The average molecular weight is 314 g/mol. The van der Waals surface area contributed by atoms with Crippen LogP contribution in [0.3, 0.4) is 0 Å². The zero-order valence-electron chi connectivity index (χ0n) is 8.98. The number of halogens is 1. The second kappa shape index (κ2) is 7.03. The van der Waals surface area contributed by atoms with Crippen LogP contribution in [0.25, 0.3) is 0 Å². The molecule has 0 saturated heterocycles. The van der Waals surface area contributed by atoms with E-state index in [2.05, 4.69) is 38.4 Å². The highest BCUT2D eigenvalue weighted by molar-refractivity contribution is 9.10. The van der Waals surface area contributed by atoms with Gasteiger partial charge < -0.3 is 10.4 Å². The minimum absolute atomic E-state index is 0.156. The quantitative estimate of drug-likeness (QED) is 0.345. The van der Waals surface area contributed by atoms with Crippen LogP contribution in [0.4, 0.5) is 0 Å². The van der Waals surface area contributed by atoms with Gasteiger partial charge in [0.05, 0.1) is 6.21 Å². The molecule has 6 heteroatoms. The maximum absolute atomic E-state index is 9.54. The minimum Gasteiger partial charge on any atom is -0.507 e. The second-order valence-corrected chi connectivity index (χ2v) is 4.40. The molecule has 0 aliphatic rings. The Labute approximate surface area is 114 Å². The van der Waals surface area contributed by atoms with Crippen molar-refractivity contribution >= 4 is 39.5 Å². The number of hydrazone groups is 1. The fourth-order valence-corrected chi connectivity index (χ4v) is 1.51. The molecule has 1 rings (SSSR count). The molecule has 0 aliphatic carbocycles. The topological polar surface area (TPSA) is 56.7 Å². The normalized spacial score (nSPS) is 10.2. The molecule has 0 unspecified atom stereocenters. The van der Waals surface area contributed by atoms with E-state index in [1.165, 1.54) is 6.21 Å². The highest BCUT2D eigenvalue weighted by Gasteiger charge is 1.98. The summed E-state index contributed by atoms with van der Waals surface area (Å²) in [5.74, 6) is 0.156. The van der Waals surface area contributed by atoms with Gasteiger partial charge in [0, 0.05) is 16.6 Å². The maximum Gasteiger partial charge on any atom is 0.187 e. The Morgan fingerprint density at radius 3 is 3.06 bits per heavy atom. The zero-order chi connectivity index (χ0) is 12.7. The Hall–Kier alpha value is -1.40. The zero-order valence-corrected chi connectivity index (χ0v) is 11.4. The molecule has 0 bridgehead atoms. The SMILES string of the molecule is C=CCNC(=S)N/N=C\c1cc(Br)ccc1O. The van der Waals surface area contributed by atoms with Crippen molar-refractivity contribution in [1.29, 1.82) is 0 Å². The van der Waals surface area contributed by atoms with Crippen LogP contribution >= 0.6 is 28.1 Å². The fraction of sp³-hybridized carbons (Fsp3) is 0.0909. The Balaban J connectivity index is 2.56. The first kappa shape index (κ1) is 13.7. The highest BCUT2D eigenvalue weighted by atomic mass is 79.9. The number of nitrogens with zero attached hydrogens (tertiary/aromatic N) is 1. The lowest BCUT2D eigenvalue weighted by Gasteiger charge is -2.03. The van der Waals surface area contributed by atoms with Crippen LogP contribution in [-0.2, 0) is 0 Å². The van der Waals surface area contributed by atoms with E-state index in [4.69, 9.17) is 12.2 Å². The lowest BCUT2D eigenvalue weighted by molar-refractivity contribution is 0.474. The minimum atomic E-state index is 0.156. The van der Waals surface area contributed by atoms with Gasteiger partial charge >= 0.3 is 0 Å². The molecule has 0 aromatic heterocycles. The summed E-state index contributed by atoms with van der Waals surface area (Å²) in [5.41, 5.74) is 3.22. The monoisotopic (exact) mass is 313 g/mol. The molecule has 0 heterocycles. The van der Waals surface area contributed by atoms with Gasteiger partial charge in [-0.2, -0.15) is 5.10 Å². The molecule has 3 N–H and O–H groups in total. The predicted octanol–water partition coefficient (Wildman–Crippen LogP) is 2.14. The van der Waals surface area contributed by atoms with Crippen molar-refractivity contribution in [3.8, 4) is 5.75 Å². The Morgan fingerprint density at radius 1 is 1.59 bits per heavy atom. The molecule has 0 radical (unpaired) electrons. The van der Waals surface area contributed by atoms with E-state index in [0.717, 1.165) is 4.47 Å². The molecule has 0 amide bonds. The molecule has 0 aliphatic heterocycles. The van der Waals surface area contributed by atoms with Gasteiger partial charge in [-0.25, -0.2) is 0 Å². The summed E-state index contributed by atoms with van der Waals surface area (Å²) in [6, 6.07) is 5.08. The van der Waals surface area contributed by atoms with Crippen LogP contribution in [0.2, 0.25) is 0 Å². The maximum atomic E-state index is 9.54. The third-order valence-electron chi connectivity index (χ3n) is 1.77. The smallest absolute Gasteiger partial charge is 0.187 e. The fourth-order valence-electron chi connectivity index (χ4n) is 0.994. The predicted molar refractivity (Wildman–Crippen MR) is 77.3 cm³/mol. The van der Waals surface area contributed by atoms with Crippen molar-refractivity contribution < 1.29 is 5.11 Å². The van der Waals surface area contributed by atoms with E-state index >= 15 is 0 Å². The van der Waals surface area contributed by atoms with Crippen molar-refractivity contribution in [1.82, 2.24) is 10.7 Å². The first-order valence-corrected chi connectivity index (χ1v) is 6.00. The molecule has 0 fully saturated rings. The Kier molecular flexibility index (Phi) is 5.65. The summed E-state index contributed by atoms with van der Waals surface area (Å²) >= 11 is 8.25. The summed E-state index contributed by atoms with van der Waals surface area (Å²) in [7, 11) is 0. The standard InChI is InChI=1S/C11H12BrN3OS/c1-2-5-13-11(17)15-14-7-8-6-9(12)3-4-10(8)16/h2-4,6-7,16H,1,5H2,(H2,13,15,17)/b14-7-. The number of phenols is 1. The average Bonchev–Trinajstić information content (AvgIpc) is 2.31. The molecule has 90 valence electrons. The Morgan fingerprint density at radius 2 is 2.35 bits per heavy atom. The van der Waals surface area contributed by atoms with Crippen molar-refractivity contribution in [3.63, 3.8) is 0 Å². The first-order chi connectivity index (χ1) is 8.13. The summed E-state index contributed by atoms with van der Waals surface area (Å²) in [5, 5.41) is 16.7. The molecule has 4 nitrogen and oxygen atoms in total. The number of hydrogen-bond donors (Lipinski definition) is 3. The highest BCUT2D eigenvalue weighted by Crippen LogP contribution is 2.19. The number of thiocarbonyl (C=S) groups is 1. The van der Waals surface area contributed by atoms with E-state index in [1.807, 2.05) is 0 Å². The van der Waals surface area contributed by atoms with E-state index < -0.39 is 0 Å². The van der Waals surface area contributed by atoms with E-state index in [-0.39, 0.29) is 5.75 Å². The number of hydrogen-bond acceptors (Lipinski definition) is 3. The van der Waals surface area contributed by atoms with Gasteiger partial charge in [-0.15, -0.1) is 6.58 Å². The van der Waals surface area contributed by atoms with Crippen LogP contribution in [-0.4, -0.2) is 23.0 Å². The van der Waals surface area contributed by atoms with Crippen molar-refractivity contribution in [2.24, 2.45) is 5.10 Å².